The summed E-state index contributed by atoms with van der Waals surface area (Å²) in [6.45, 7) is 7.61. The molecule has 0 unspecified atom stereocenters. The van der Waals surface area contributed by atoms with E-state index in [4.69, 9.17) is 4.74 Å². The van der Waals surface area contributed by atoms with Crippen LogP contribution in [0.5, 0.6) is 5.75 Å². The second-order valence-electron chi connectivity index (χ2n) is 7.44. The fourth-order valence-corrected chi connectivity index (χ4v) is 4.28. The van der Waals surface area contributed by atoms with E-state index >= 15 is 0 Å². The Hall–Kier alpha value is -2.77. The molecule has 0 saturated heterocycles. The van der Waals surface area contributed by atoms with Crippen molar-refractivity contribution in [3.63, 3.8) is 0 Å². The highest BCUT2D eigenvalue weighted by molar-refractivity contribution is 7.13. The first-order chi connectivity index (χ1) is 14.4. The molecule has 1 amide bonds. The summed E-state index contributed by atoms with van der Waals surface area (Å²) in [5.41, 5.74) is 5.46. The van der Waals surface area contributed by atoms with Gasteiger partial charge in [0.25, 0.3) is 5.91 Å². The molecule has 0 aliphatic carbocycles. The van der Waals surface area contributed by atoms with Crippen molar-refractivity contribution in [3.05, 3.63) is 68.7 Å². The average Bonchev–Trinajstić information content (AvgIpc) is 3.17. The monoisotopic (exact) mass is 424 g/mol. The van der Waals surface area contributed by atoms with Crippen LogP contribution in [0, 0.1) is 13.8 Å². The number of amides is 1. The molecule has 0 aliphatic heterocycles. The summed E-state index contributed by atoms with van der Waals surface area (Å²) < 4.78 is 5.44. The quantitative estimate of drug-likeness (QED) is 0.572. The second kappa shape index (κ2) is 9.82. The molecule has 0 aliphatic rings. The van der Waals surface area contributed by atoms with Gasteiger partial charge in [0, 0.05) is 12.2 Å². The van der Waals surface area contributed by atoms with Crippen LogP contribution in [0.1, 0.15) is 44.0 Å². The number of carbonyl (C=O) groups is 1. The predicted octanol–water partition coefficient (Wildman–Crippen LogP) is 4.61. The summed E-state index contributed by atoms with van der Waals surface area (Å²) in [5.74, 6) is 0.706. The van der Waals surface area contributed by atoms with E-state index in [1.165, 1.54) is 22.5 Å². The molecular formula is C23H28N4O2S. The minimum atomic E-state index is -0.230. The molecule has 2 aromatic carbocycles. The van der Waals surface area contributed by atoms with Crippen LogP contribution in [0.4, 0.5) is 5.69 Å². The van der Waals surface area contributed by atoms with E-state index in [0.29, 0.717) is 11.6 Å². The van der Waals surface area contributed by atoms with Crippen LogP contribution in [0.25, 0.3) is 0 Å². The van der Waals surface area contributed by atoms with Crippen molar-refractivity contribution in [3.8, 4) is 5.75 Å². The number of nitrogens with zero attached hydrogens (tertiary/aromatic N) is 3. The second-order valence-corrected chi connectivity index (χ2v) is 8.50. The summed E-state index contributed by atoms with van der Waals surface area (Å²) in [7, 11) is 3.73. The van der Waals surface area contributed by atoms with Gasteiger partial charge >= 0.3 is 0 Å². The SMILES string of the molecule is CCc1ccc(NC(=O)c2nnc(CN(C)Cc3cc(C)c(OC)c(C)c3)s2)cc1. The fraction of sp³-hybridized carbons (Fsp3) is 0.348. The molecule has 0 radical (unpaired) electrons. The molecule has 0 saturated carbocycles. The highest BCUT2D eigenvalue weighted by Crippen LogP contribution is 2.25. The van der Waals surface area contributed by atoms with Crippen LogP contribution in [0.2, 0.25) is 0 Å². The van der Waals surface area contributed by atoms with Gasteiger partial charge in [-0.15, -0.1) is 10.2 Å². The molecule has 158 valence electrons. The smallest absolute Gasteiger partial charge is 0.286 e. The number of carbonyl (C=O) groups excluding carboxylic acids is 1. The van der Waals surface area contributed by atoms with Gasteiger partial charge in [-0.3, -0.25) is 9.69 Å². The minimum Gasteiger partial charge on any atom is -0.496 e. The first-order valence-electron chi connectivity index (χ1n) is 9.95. The molecule has 3 aromatic rings. The number of aromatic nitrogens is 2. The molecule has 1 heterocycles. The van der Waals surface area contributed by atoms with Gasteiger partial charge in [0.15, 0.2) is 0 Å². The van der Waals surface area contributed by atoms with Crippen molar-refractivity contribution in [1.29, 1.82) is 0 Å². The number of rotatable bonds is 8. The number of benzene rings is 2. The van der Waals surface area contributed by atoms with E-state index in [-0.39, 0.29) is 5.91 Å². The Morgan fingerprint density at radius 2 is 1.73 bits per heavy atom. The maximum atomic E-state index is 12.5. The van der Waals surface area contributed by atoms with Gasteiger partial charge in [-0.25, -0.2) is 0 Å². The van der Waals surface area contributed by atoms with Crippen molar-refractivity contribution in [2.75, 3.05) is 19.5 Å². The minimum absolute atomic E-state index is 0.230. The zero-order valence-corrected chi connectivity index (χ0v) is 19.0. The largest absolute Gasteiger partial charge is 0.496 e. The van der Waals surface area contributed by atoms with Crippen LogP contribution < -0.4 is 10.1 Å². The third kappa shape index (κ3) is 5.43. The average molecular weight is 425 g/mol. The molecule has 1 N–H and O–H groups in total. The lowest BCUT2D eigenvalue weighted by atomic mass is 10.1. The topological polar surface area (TPSA) is 67.4 Å². The highest BCUT2D eigenvalue weighted by atomic mass is 32.1. The van der Waals surface area contributed by atoms with E-state index in [0.717, 1.165) is 40.5 Å². The molecular weight excluding hydrogens is 396 g/mol. The number of hydrogen-bond donors (Lipinski definition) is 1. The predicted molar refractivity (Wildman–Crippen MR) is 121 cm³/mol. The number of anilines is 1. The van der Waals surface area contributed by atoms with E-state index in [9.17, 15) is 4.79 Å². The van der Waals surface area contributed by atoms with Crippen LogP contribution in [0.3, 0.4) is 0 Å². The lowest BCUT2D eigenvalue weighted by molar-refractivity contribution is 0.102. The highest BCUT2D eigenvalue weighted by Gasteiger charge is 2.15. The van der Waals surface area contributed by atoms with E-state index in [2.05, 4.69) is 53.3 Å². The molecule has 0 fully saturated rings. The first kappa shape index (κ1) is 21.9. The molecule has 0 bridgehead atoms. The van der Waals surface area contributed by atoms with Gasteiger partial charge in [-0.2, -0.15) is 0 Å². The van der Waals surface area contributed by atoms with Crippen LogP contribution in [-0.4, -0.2) is 35.2 Å². The van der Waals surface area contributed by atoms with E-state index < -0.39 is 0 Å². The summed E-state index contributed by atoms with van der Waals surface area (Å²) in [4.78, 5) is 14.6. The van der Waals surface area contributed by atoms with Crippen LogP contribution in [-0.2, 0) is 19.5 Å². The van der Waals surface area contributed by atoms with Gasteiger partial charge in [-0.1, -0.05) is 42.5 Å². The molecule has 7 heteroatoms. The van der Waals surface area contributed by atoms with Crippen molar-refractivity contribution < 1.29 is 9.53 Å². The lowest BCUT2D eigenvalue weighted by Crippen LogP contribution is -2.17. The fourth-order valence-electron chi connectivity index (χ4n) is 3.47. The third-order valence-corrected chi connectivity index (χ3v) is 5.77. The Bertz CT molecular complexity index is 991. The van der Waals surface area contributed by atoms with E-state index in [1.807, 2.05) is 31.3 Å². The normalized spacial score (nSPS) is 11.0. The molecule has 0 spiro atoms. The number of methoxy groups -OCH3 is 1. The summed E-state index contributed by atoms with van der Waals surface area (Å²) in [6, 6.07) is 12.1. The van der Waals surface area contributed by atoms with Gasteiger partial charge in [-0.05, 0) is 61.7 Å². The Kier molecular flexibility index (Phi) is 7.18. The van der Waals surface area contributed by atoms with Crippen LogP contribution >= 0.6 is 11.3 Å². The molecule has 30 heavy (non-hydrogen) atoms. The van der Waals surface area contributed by atoms with Crippen molar-refractivity contribution in [1.82, 2.24) is 15.1 Å². The molecule has 3 rings (SSSR count). The van der Waals surface area contributed by atoms with Gasteiger partial charge < -0.3 is 10.1 Å². The maximum Gasteiger partial charge on any atom is 0.286 e. The number of nitrogens with one attached hydrogen (secondary N) is 1. The first-order valence-corrected chi connectivity index (χ1v) is 10.8. The maximum absolute atomic E-state index is 12.5. The van der Waals surface area contributed by atoms with Crippen molar-refractivity contribution >= 4 is 22.9 Å². The Balaban J connectivity index is 1.59. The molecule has 1 aromatic heterocycles. The number of aryl methyl sites for hydroxylation is 3. The Morgan fingerprint density at radius 3 is 2.33 bits per heavy atom. The van der Waals surface area contributed by atoms with Crippen LogP contribution in [0.15, 0.2) is 36.4 Å². The summed E-state index contributed by atoms with van der Waals surface area (Å²) in [5, 5.41) is 12.3. The van der Waals surface area contributed by atoms with Gasteiger partial charge in [0.1, 0.15) is 10.8 Å². The van der Waals surface area contributed by atoms with Gasteiger partial charge in [0.2, 0.25) is 5.01 Å². The van der Waals surface area contributed by atoms with Crippen molar-refractivity contribution in [2.24, 2.45) is 0 Å². The van der Waals surface area contributed by atoms with Gasteiger partial charge in [0.05, 0.1) is 13.7 Å². The molecule has 6 nitrogen and oxygen atoms in total. The standard InChI is InChI=1S/C23H28N4O2S/c1-6-17-7-9-19(10-8-17)24-22(28)23-26-25-20(30-23)14-27(4)13-18-11-15(2)21(29-5)16(3)12-18/h7-12H,6,13-14H2,1-5H3,(H,24,28). The summed E-state index contributed by atoms with van der Waals surface area (Å²) in [6.07, 6.45) is 0.969. The Morgan fingerprint density at radius 1 is 1.07 bits per heavy atom. The zero-order chi connectivity index (χ0) is 21.7. The number of ether oxygens (including phenoxy) is 1. The lowest BCUT2D eigenvalue weighted by Gasteiger charge is -2.17. The zero-order valence-electron chi connectivity index (χ0n) is 18.2. The Labute approximate surface area is 181 Å². The van der Waals surface area contributed by atoms with E-state index in [1.54, 1.807) is 7.11 Å². The molecule has 0 atom stereocenters. The third-order valence-electron chi connectivity index (χ3n) is 4.86. The summed E-state index contributed by atoms with van der Waals surface area (Å²) >= 11 is 1.32. The van der Waals surface area contributed by atoms with Crippen molar-refractivity contribution in [2.45, 2.75) is 40.3 Å². The number of hydrogen-bond acceptors (Lipinski definition) is 6.